The van der Waals surface area contributed by atoms with E-state index < -0.39 is 0 Å². The fraction of sp³-hybridized carbons (Fsp3) is 0.526. The van der Waals surface area contributed by atoms with E-state index >= 15 is 0 Å². The molecule has 1 aliphatic rings. The number of amides is 1. The van der Waals surface area contributed by atoms with Crippen LogP contribution in [0, 0.1) is 11.8 Å². The average Bonchev–Trinajstić information content (AvgIpc) is 2.93. The van der Waals surface area contributed by atoms with Gasteiger partial charge in [0.1, 0.15) is 0 Å². The van der Waals surface area contributed by atoms with Crippen molar-refractivity contribution in [3.63, 3.8) is 0 Å². The lowest BCUT2D eigenvalue weighted by atomic mass is 9.78. The summed E-state index contributed by atoms with van der Waals surface area (Å²) in [5.41, 5.74) is 2.38. The van der Waals surface area contributed by atoms with Crippen LogP contribution in [0.4, 0.5) is 0 Å². The summed E-state index contributed by atoms with van der Waals surface area (Å²) in [6, 6.07) is 8.62. The molecule has 22 heavy (non-hydrogen) atoms. The van der Waals surface area contributed by atoms with Gasteiger partial charge in [0.2, 0.25) is 5.91 Å². The highest BCUT2D eigenvalue weighted by molar-refractivity contribution is 5.84. The van der Waals surface area contributed by atoms with E-state index in [9.17, 15) is 4.79 Å². The Morgan fingerprint density at radius 2 is 2.09 bits per heavy atom. The van der Waals surface area contributed by atoms with Crippen molar-refractivity contribution in [1.29, 1.82) is 0 Å². The summed E-state index contributed by atoms with van der Waals surface area (Å²) < 4.78 is 0. The molecule has 1 amide bonds. The lowest BCUT2D eigenvalue weighted by Crippen LogP contribution is -2.43. The van der Waals surface area contributed by atoms with E-state index in [4.69, 9.17) is 0 Å². The van der Waals surface area contributed by atoms with Crippen LogP contribution in [0.1, 0.15) is 45.1 Å². The monoisotopic (exact) mass is 298 g/mol. The molecule has 0 spiro atoms. The Labute approximate surface area is 132 Å². The number of nitrogens with one attached hydrogen (secondary N) is 2. The van der Waals surface area contributed by atoms with Gasteiger partial charge in [0.25, 0.3) is 0 Å². The van der Waals surface area contributed by atoms with Crippen LogP contribution in [0.5, 0.6) is 0 Å². The summed E-state index contributed by atoms with van der Waals surface area (Å²) in [4.78, 5) is 15.5. The first-order valence-electron chi connectivity index (χ1n) is 8.49. The number of H-pyrrole nitrogens is 1. The van der Waals surface area contributed by atoms with Crippen LogP contribution < -0.4 is 5.32 Å². The van der Waals surface area contributed by atoms with Crippen LogP contribution in [0.3, 0.4) is 0 Å². The minimum Gasteiger partial charge on any atom is -0.361 e. The summed E-state index contributed by atoms with van der Waals surface area (Å²) >= 11 is 0. The number of aromatic amines is 1. The van der Waals surface area contributed by atoms with Gasteiger partial charge >= 0.3 is 0 Å². The Bertz CT molecular complexity index is 646. The Morgan fingerprint density at radius 3 is 2.95 bits per heavy atom. The van der Waals surface area contributed by atoms with E-state index in [1.165, 1.54) is 23.8 Å². The molecule has 0 bridgehead atoms. The van der Waals surface area contributed by atoms with Gasteiger partial charge in [-0.3, -0.25) is 4.79 Å². The Kier molecular flexibility index (Phi) is 4.51. The van der Waals surface area contributed by atoms with E-state index in [0.717, 1.165) is 18.4 Å². The molecular formula is C19H26N2O. The van der Waals surface area contributed by atoms with Crippen LogP contribution in [0.2, 0.25) is 0 Å². The van der Waals surface area contributed by atoms with Crippen LogP contribution >= 0.6 is 0 Å². The van der Waals surface area contributed by atoms with E-state index in [0.29, 0.717) is 24.3 Å². The minimum absolute atomic E-state index is 0.191. The first-order chi connectivity index (χ1) is 10.6. The zero-order valence-electron chi connectivity index (χ0n) is 13.6. The highest BCUT2D eigenvalue weighted by Gasteiger charge is 2.27. The molecule has 1 saturated carbocycles. The van der Waals surface area contributed by atoms with Crippen LogP contribution in [-0.2, 0) is 11.2 Å². The number of hydrogen-bond acceptors (Lipinski definition) is 1. The van der Waals surface area contributed by atoms with Crippen molar-refractivity contribution >= 4 is 16.8 Å². The van der Waals surface area contributed by atoms with Crippen molar-refractivity contribution in [2.24, 2.45) is 11.8 Å². The van der Waals surface area contributed by atoms with Gasteiger partial charge in [-0.05, 0) is 36.3 Å². The normalized spacial score (nSPS) is 25.3. The second kappa shape index (κ2) is 6.55. The highest BCUT2D eigenvalue weighted by atomic mass is 16.1. The van der Waals surface area contributed by atoms with Crippen molar-refractivity contribution in [3.8, 4) is 0 Å². The van der Waals surface area contributed by atoms with Crippen LogP contribution in [-0.4, -0.2) is 16.9 Å². The number of para-hydroxylation sites is 1. The molecule has 2 N–H and O–H groups in total. The summed E-state index contributed by atoms with van der Waals surface area (Å²) in [6.07, 6.45) is 7.06. The fourth-order valence-electron chi connectivity index (χ4n) is 3.65. The predicted molar refractivity (Wildman–Crippen MR) is 90.7 cm³/mol. The number of aryl methyl sites for hydroxylation is 1. The van der Waals surface area contributed by atoms with Crippen molar-refractivity contribution in [3.05, 3.63) is 36.0 Å². The molecule has 0 unspecified atom stereocenters. The predicted octanol–water partition coefficient (Wildman–Crippen LogP) is 4.04. The molecule has 1 aliphatic carbocycles. The Hall–Kier alpha value is -1.77. The smallest absolute Gasteiger partial charge is 0.220 e. The zero-order chi connectivity index (χ0) is 15.5. The maximum atomic E-state index is 12.3. The van der Waals surface area contributed by atoms with E-state index in [2.05, 4.69) is 36.3 Å². The summed E-state index contributed by atoms with van der Waals surface area (Å²) in [6.45, 7) is 4.57. The Morgan fingerprint density at radius 1 is 1.27 bits per heavy atom. The average molecular weight is 298 g/mol. The van der Waals surface area contributed by atoms with Crippen molar-refractivity contribution in [2.75, 3.05) is 0 Å². The van der Waals surface area contributed by atoms with Crippen LogP contribution in [0.25, 0.3) is 10.9 Å². The number of benzene rings is 1. The maximum absolute atomic E-state index is 12.3. The molecular weight excluding hydrogens is 272 g/mol. The van der Waals surface area contributed by atoms with Crippen LogP contribution in [0.15, 0.2) is 30.5 Å². The molecule has 1 heterocycles. The highest BCUT2D eigenvalue weighted by Crippen LogP contribution is 2.29. The third-order valence-electron chi connectivity index (χ3n) is 5.35. The maximum Gasteiger partial charge on any atom is 0.220 e. The molecule has 3 atom stereocenters. The second-order valence-electron chi connectivity index (χ2n) is 6.80. The molecule has 1 aromatic heterocycles. The van der Waals surface area contributed by atoms with E-state index in [1.54, 1.807) is 0 Å². The van der Waals surface area contributed by atoms with Crippen molar-refractivity contribution < 1.29 is 4.79 Å². The van der Waals surface area contributed by atoms with Gasteiger partial charge in [-0.2, -0.15) is 0 Å². The number of rotatable bonds is 4. The van der Waals surface area contributed by atoms with Gasteiger partial charge in [0.15, 0.2) is 0 Å². The van der Waals surface area contributed by atoms with E-state index in [1.807, 2.05) is 18.3 Å². The third kappa shape index (κ3) is 3.18. The van der Waals surface area contributed by atoms with Gasteiger partial charge in [-0.15, -0.1) is 0 Å². The molecule has 0 aliphatic heterocycles. The first kappa shape index (κ1) is 15.1. The molecule has 2 aromatic rings. The summed E-state index contributed by atoms with van der Waals surface area (Å²) in [5.74, 6) is 1.50. The lowest BCUT2D eigenvalue weighted by Gasteiger charge is -2.34. The zero-order valence-corrected chi connectivity index (χ0v) is 13.6. The van der Waals surface area contributed by atoms with Gasteiger partial charge in [-0.25, -0.2) is 0 Å². The van der Waals surface area contributed by atoms with E-state index in [-0.39, 0.29) is 5.91 Å². The van der Waals surface area contributed by atoms with Gasteiger partial charge < -0.3 is 10.3 Å². The largest absolute Gasteiger partial charge is 0.361 e. The first-order valence-corrected chi connectivity index (χ1v) is 8.49. The number of aromatic nitrogens is 1. The minimum atomic E-state index is 0.191. The molecule has 3 heteroatoms. The number of fused-ring (bicyclic) bond motifs is 1. The molecule has 3 nitrogen and oxygen atoms in total. The second-order valence-corrected chi connectivity index (χ2v) is 6.80. The molecule has 1 fully saturated rings. The molecule has 118 valence electrons. The van der Waals surface area contributed by atoms with Gasteiger partial charge in [0, 0.05) is 29.6 Å². The topological polar surface area (TPSA) is 44.9 Å². The van der Waals surface area contributed by atoms with Gasteiger partial charge in [0.05, 0.1) is 0 Å². The third-order valence-corrected chi connectivity index (χ3v) is 5.35. The number of carbonyl (C=O) groups is 1. The van der Waals surface area contributed by atoms with Crippen molar-refractivity contribution in [2.45, 2.75) is 52.0 Å². The van der Waals surface area contributed by atoms with Crippen molar-refractivity contribution in [1.82, 2.24) is 10.3 Å². The SMILES string of the molecule is C[C@@H]1[C@H](C)CCC[C@H]1NC(=O)CCc1c[nH]c2ccccc12. The lowest BCUT2D eigenvalue weighted by molar-refractivity contribution is -0.122. The quantitative estimate of drug-likeness (QED) is 0.879. The summed E-state index contributed by atoms with van der Waals surface area (Å²) in [5, 5.41) is 4.49. The Balaban J connectivity index is 1.56. The standard InChI is InChI=1S/C19H26N2O/c1-13-6-5-9-17(14(13)2)21-19(22)11-10-15-12-20-18-8-4-3-7-16(15)18/h3-4,7-8,12-14,17,20H,5-6,9-11H2,1-2H3,(H,21,22)/t13-,14-,17-/m1/s1. The van der Waals surface area contributed by atoms with Gasteiger partial charge in [-0.1, -0.05) is 44.9 Å². The fourth-order valence-corrected chi connectivity index (χ4v) is 3.65. The molecule has 0 saturated heterocycles. The number of hydrogen-bond donors (Lipinski definition) is 2. The molecule has 3 rings (SSSR count). The number of carbonyl (C=O) groups excluding carboxylic acids is 1. The molecule has 0 radical (unpaired) electrons. The molecule has 1 aromatic carbocycles. The summed E-state index contributed by atoms with van der Waals surface area (Å²) in [7, 11) is 0.